The number of benzene rings is 2. The van der Waals surface area contributed by atoms with Gasteiger partial charge in [0.2, 0.25) is 0 Å². The number of nitrogens with zero attached hydrogens (tertiary/aromatic N) is 3. The molecule has 6 rings (SSSR count). The van der Waals surface area contributed by atoms with Crippen LogP contribution in [-0.4, -0.2) is 73.2 Å². The van der Waals surface area contributed by atoms with Crippen molar-refractivity contribution in [3.63, 3.8) is 0 Å². The van der Waals surface area contributed by atoms with Gasteiger partial charge in [-0.15, -0.1) is 0 Å². The largest absolute Gasteiger partial charge is 0.379 e. The lowest BCUT2D eigenvalue weighted by atomic mass is 9.95. The SMILES string of the molecule is CN(C)c1ccc2c(c1)c(C1=C(c3c[nH]c4ccccc34)C(=O)NC1=O)cn2CCCN1CCOCC1. The molecule has 0 atom stereocenters. The number of carbonyl (C=O) groups is 2. The number of imide groups is 1. The molecule has 2 aliphatic rings. The van der Waals surface area contributed by atoms with Gasteiger partial charge in [0.25, 0.3) is 11.8 Å². The number of nitrogens with one attached hydrogen (secondary N) is 2. The second-order valence-electron chi connectivity index (χ2n) is 9.92. The lowest BCUT2D eigenvalue weighted by molar-refractivity contribution is -0.122. The topological polar surface area (TPSA) is 82.6 Å². The second-order valence-corrected chi connectivity index (χ2v) is 9.92. The van der Waals surface area contributed by atoms with Crippen molar-refractivity contribution in [2.45, 2.75) is 13.0 Å². The Morgan fingerprint density at radius 2 is 1.68 bits per heavy atom. The van der Waals surface area contributed by atoms with Crippen LogP contribution in [0.1, 0.15) is 17.5 Å². The number of para-hydroxylation sites is 1. The van der Waals surface area contributed by atoms with E-state index in [1.54, 1.807) is 0 Å². The van der Waals surface area contributed by atoms with Gasteiger partial charge in [-0.3, -0.25) is 19.8 Å². The Bertz CT molecular complexity index is 1540. The van der Waals surface area contributed by atoms with Gasteiger partial charge in [-0.25, -0.2) is 0 Å². The number of aromatic nitrogens is 2. The molecule has 8 heteroatoms. The monoisotopic (exact) mass is 497 g/mol. The fraction of sp³-hybridized carbons (Fsp3) is 0.310. The molecule has 2 aromatic heterocycles. The molecular formula is C29H31N5O3. The van der Waals surface area contributed by atoms with Gasteiger partial charge in [0.05, 0.1) is 24.4 Å². The fourth-order valence-electron chi connectivity index (χ4n) is 5.48. The van der Waals surface area contributed by atoms with Crippen LogP contribution in [0.5, 0.6) is 0 Å². The first-order valence-electron chi connectivity index (χ1n) is 12.8. The number of hydrogen-bond acceptors (Lipinski definition) is 5. The van der Waals surface area contributed by atoms with Crippen molar-refractivity contribution in [1.29, 1.82) is 0 Å². The van der Waals surface area contributed by atoms with E-state index in [9.17, 15) is 9.59 Å². The number of hydrogen-bond donors (Lipinski definition) is 2. The van der Waals surface area contributed by atoms with E-state index < -0.39 is 0 Å². The third-order valence-electron chi connectivity index (χ3n) is 7.42. The summed E-state index contributed by atoms with van der Waals surface area (Å²) in [6.45, 7) is 5.33. The van der Waals surface area contributed by atoms with Crippen molar-refractivity contribution in [2.24, 2.45) is 0 Å². The highest BCUT2D eigenvalue weighted by Crippen LogP contribution is 2.39. The summed E-state index contributed by atoms with van der Waals surface area (Å²) in [6, 6.07) is 14.2. The van der Waals surface area contributed by atoms with Crippen molar-refractivity contribution in [1.82, 2.24) is 19.8 Å². The third-order valence-corrected chi connectivity index (χ3v) is 7.42. The Labute approximate surface area is 215 Å². The van der Waals surface area contributed by atoms with E-state index in [2.05, 4.69) is 38.0 Å². The van der Waals surface area contributed by atoms with E-state index in [4.69, 9.17) is 4.74 Å². The zero-order chi connectivity index (χ0) is 25.5. The van der Waals surface area contributed by atoms with Crippen LogP contribution >= 0.6 is 0 Å². The van der Waals surface area contributed by atoms with Crippen molar-refractivity contribution < 1.29 is 14.3 Å². The number of carbonyl (C=O) groups excluding carboxylic acids is 2. The number of rotatable bonds is 7. The average Bonchev–Trinajstić information content (AvgIpc) is 3.57. The first-order chi connectivity index (χ1) is 18.0. The molecule has 0 saturated carbocycles. The fourth-order valence-corrected chi connectivity index (χ4v) is 5.48. The van der Waals surface area contributed by atoms with E-state index in [1.165, 1.54) is 0 Å². The number of aromatic amines is 1. The predicted molar refractivity (Wildman–Crippen MR) is 146 cm³/mol. The lowest BCUT2D eigenvalue weighted by Gasteiger charge is -2.26. The first kappa shape index (κ1) is 23.5. The average molecular weight is 498 g/mol. The zero-order valence-corrected chi connectivity index (χ0v) is 21.2. The molecule has 1 saturated heterocycles. The summed E-state index contributed by atoms with van der Waals surface area (Å²) in [4.78, 5) is 34.2. The summed E-state index contributed by atoms with van der Waals surface area (Å²) >= 11 is 0. The van der Waals surface area contributed by atoms with Gasteiger partial charge in [0, 0.05) is 91.3 Å². The molecule has 0 radical (unpaired) electrons. The molecule has 37 heavy (non-hydrogen) atoms. The van der Waals surface area contributed by atoms with Gasteiger partial charge in [-0.2, -0.15) is 0 Å². The number of morpholine rings is 1. The molecule has 1 fully saturated rings. The van der Waals surface area contributed by atoms with Crippen LogP contribution in [0.3, 0.4) is 0 Å². The highest BCUT2D eigenvalue weighted by Gasteiger charge is 2.35. The van der Waals surface area contributed by atoms with Crippen LogP contribution in [-0.2, 0) is 20.9 Å². The van der Waals surface area contributed by atoms with E-state index in [-0.39, 0.29) is 11.8 Å². The van der Waals surface area contributed by atoms with Crippen LogP contribution < -0.4 is 10.2 Å². The molecule has 4 aromatic rings. The predicted octanol–water partition coefficient (Wildman–Crippen LogP) is 3.48. The van der Waals surface area contributed by atoms with E-state index in [0.29, 0.717) is 11.1 Å². The van der Waals surface area contributed by atoms with Crippen molar-refractivity contribution >= 4 is 50.5 Å². The van der Waals surface area contributed by atoms with Gasteiger partial charge in [-0.05, 0) is 30.7 Å². The maximum absolute atomic E-state index is 13.3. The molecule has 190 valence electrons. The van der Waals surface area contributed by atoms with Crippen LogP contribution in [0.4, 0.5) is 5.69 Å². The summed E-state index contributed by atoms with van der Waals surface area (Å²) in [5.41, 5.74) is 5.41. The number of amides is 2. The number of fused-ring (bicyclic) bond motifs is 2. The minimum Gasteiger partial charge on any atom is -0.379 e. The van der Waals surface area contributed by atoms with E-state index >= 15 is 0 Å². The Kier molecular flexibility index (Phi) is 6.06. The summed E-state index contributed by atoms with van der Waals surface area (Å²) in [6.07, 6.45) is 4.86. The molecule has 4 heterocycles. The standard InChI is InChI=1S/C29H31N5O3/c1-32(2)19-8-9-25-21(16-19)23(18-34(25)11-5-10-33-12-14-37-15-13-33)27-26(28(35)31-29(27)36)22-17-30-24-7-4-3-6-20(22)24/h3-4,6-9,16-18,30H,5,10-15H2,1-2H3,(H,31,35,36). The van der Waals surface area contributed by atoms with Crippen LogP contribution in [0.2, 0.25) is 0 Å². The molecule has 2 aliphatic heterocycles. The summed E-state index contributed by atoms with van der Waals surface area (Å²) in [7, 11) is 4.01. The van der Waals surface area contributed by atoms with E-state index in [1.807, 2.05) is 55.7 Å². The third kappa shape index (κ3) is 4.22. The quantitative estimate of drug-likeness (QED) is 0.382. The van der Waals surface area contributed by atoms with Crippen molar-refractivity contribution in [3.05, 3.63) is 66.0 Å². The molecule has 2 amide bonds. The number of aryl methyl sites for hydroxylation is 1. The first-order valence-corrected chi connectivity index (χ1v) is 12.8. The Morgan fingerprint density at radius 1 is 0.919 bits per heavy atom. The number of anilines is 1. The Hall–Kier alpha value is -3.88. The smallest absolute Gasteiger partial charge is 0.259 e. The Morgan fingerprint density at radius 3 is 2.46 bits per heavy atom. The second kappa shape index (κ2) is 9.53. The minimum atomic E-state index is -0.360. The molecule has 0 unspecified atom stereocenters. The van der Waals surface area contributed by atoms with Crippen molar-refractivity contribution in [2.75, 3.05) is 51.8 Å². The van der Waals surface area contributed by atoms with Gasteiger partial charge in [0.1, 0.15) is 0 Å². The van der Waals surface area contributed by atoms with Crippen LogP contribution in [0.25, 0.3) is 33.0 Å². The van der Waals surface area contributed by atoms with Gasteiger partial charge in [0.15, 0.2) is 0 Å². The summed E-state index contributed by atoms with van der Waals surface area (Å²) < 4.78 is 7.70. The minimum absolute atomic E-state index is 0.354. The molecular weight excluding hydrogens is 466 g/mol. The zero-order valence-electron chi connectivity index (χ0n) is 21.2. The molecule has 2 N–H and O–H groups in total. The maximum atomic E-state index is 13.3. The maximum Gasteiger partial charge on any atom is 0.259 e. The van der Waals surface area contributed by atoms with Crippen LogP contribution in [0, 0.1) is 0 Å². The van der Waals surface area contributed by atoms with Crippen molar-refractivity contribution in [3.8, 4) is 0 Å². The summed E-state index contributed by atoms with van der Waals surface area (Å²) in [5, 5.41) is 4.45. The lowest BCUT2D eigenvalue weighted by Crippen LogP contribution is -2.37. The van der Waals surface area contributed by atoms with Gasteiger partial charge < -0.3 is 19.2 Å². The number of ether oxygens (including phenoxy) is 1. The number of H-pyrrole nitrogens is 1. The Balaban J connectivity index is 1.47. The molecule has 8 nitrogen and oxygen atoms in total. The highest BCUT2D eigenvalue weighted by molar-refractivity contribution is 6.50. The van der Waals surface area contributed by atoms with E-state index in [0.717, 1.165) is 84.4 Å². The molecule has 0 bridgehead atoms. The summed E-state index contributed by atoms with van der Waals surface area (Å²) in [5.74, 6) is -0.713. The highest BCUT2D eigenvalue weighted by atomic mass is 16.5. The molecule has 0 spiro atoms. The molecule has 0 aliphatic carbocycles. The molecule has 2 aromatic carbocycles. The van der Waals surface area contributed by atoms with Crippen LogP contribution in [0.15, 0.2) is 54.9 Å². The normalized spacial score (nSPS) is 16.8. The van der Waals surface area contributed by atoms with Gasteiger partial charge >= 0.3 is 0 Å². The van der Waals surface area contributed by atoms with Gasteiger partial charge in [-0.1, -0.05) is 18.2 Å².